The van der Waals surface area contributed by atoms with Gasteiger partial charge in [0.25, 0.3) is 0 Å². The Labute approximate surface area is 121 Å². The molecule has 1 fully saturated rings. The van der Waals surface area contributed by atoms with Crippen LogP contribution in [0.5, 0.6) is 0 Å². The molecule has 0 radical (unpaired) electrons. The normalized spacial score (nSPS) is 25.9. The smallest absolute Gasteiger partial charge is 0.207 e. The van der Waals surface area contributed by atoms with Gasteiger partial charge in [-0.3, -0.25) is 0 Å². The van der Waals surface area contributed by atoms with E-state index in [0.29, 0.717) is 12.0 Å². The summed E-state index contributed by atoms with van der Waals surface area (Å²) in [5.41, 5.74) is 2.17. The fraction of sp³-hybridized carbons (Fsp3) is 0.471. The topological polar surface area (TPSA) is 29.9 Å². The molecule has 0 spiro atoms. The summed E-state index contributed by atoms with van der Waals surface area (Å²) >= 11 is 0. The quantitative estimate of drug-likeness (QED) is 0.886. The van der Waals surface area contributed by atoms with Gasteiger partial charge in [-0.25, -0.2) is 4.98 Å². The molecule has 3 nitrogen and oxygen atoms in total. The number of hydrogen-bond donors (Lipinski definition) is 1. The van der Waals surface area contributed by atoms with Crippen molar-refractivity contribution in [2.45, 2.75) is 39.7 Å². The van der Waals surface area contributed by atoms with Crippen LogP contribution in [0.25, 0.3) is 0 Å². The lowest BCUT2D eigenvalue weighted by Crippen LogP contribution is -2.15. The van der Waals surface area contributed by atoms with Crippen molar-refractivity contribution in [3.05, 3.63) is 42.2 Å². The van der Waals surface area contributed by atoms with Crippen molar-refractivity contribution in [2.75, 3.05) is 5.32 Å². The van der Waals surface area contributed by atoms with Crippen molar-refractivity contribution in [3.8, 4) is 0 Å². The van der Waals surface area contributed by atoms with Crippen LogP contribution >= 0.6 is 0 Å². The van der Waals surface area contributed by atoms with Gasteiger partial charge in [0.1, 0.15) is 0 Å². The maximum Gasteiger partial charge on any atom is 0.207 e. The lowest BCUT2D eigenvalue weighted by molar-refractivity contribution is 0.355. The highest BCUT2D eigenvalue weighted by Gasteiger charge is 2.32. The fourth-order valence-corrected chi connectivity index (χ4v) is 3.24. The molecule has 1 heterocycles. The SMILES string of the molecule is Cc1cn(C2CCC(C)C2C)c(Nc2ccccc2)n1. The molecule has 3 unspecified atom stereocenters. The Morgan fingerprint density at radius 2 is 1.90 bits per heavy atom. The van der Waals surface area contributed by atoms with Crippen LogP contribution < -0.4 is 5.32 Å². The van der Waals surface area contributed by atoms with E-state index in [2.05, 4.69) is 54.0 Å². The molecule has 1 N–H and O–H groups in total. The van der Waals surface area contributed by atoms with Crippen LogP contribution in [0.3, 0.4) is 0 Å². The van der Waals surface area contributed by atoms with E-state index in [0.717, 1.165) is 23.2 Å². The van der Waals surface area contributed by atoms with Crippen molar-refractivity contribution in [3.63, 3.8) is 0 Å². The average molecular weight is 269 g/mol. The van der Waals surface area contributed by atoms with Crippen LogP contribution in [0.15, 0.2) is 36.5 Å². The first-order valence-electron chi connectivity index (χ1n) is 7.52. The predicted octanol–water partition coefficient (Wildman–Crippen LogP) is 4.54. The Kier molecular flexibility index (Phi) is 3.51. The molecule has 106 valence electrons. The zero-order valence-corrected chi connectivity index (χ0v) is 12.5. The van der Waals surface area contributed by atoms with E-state index in [-0.39, 0.29) is 0 Å². The summed E-state index contributed by atoms with van der Waals surface area (Å²) in [7, 11) is 0. The van der Waals surface area contributed by atoms with Gasteiger partial charge >= 0.3 is 0 Å². The number of nitrogens with one attached hydrogen (secondary N) is 1. The largest absolute Gasteiger partial charge is 0.326 e. The van der Waals surface area contributed by atoms with Gasteiger partial charge in [0.05, 0.1) is 5.69 Å². The number of imidazole rings is 1. The molecular formula is C17H23N3. The average Bonchev–Trinajstić information content (AvgIpc) is 2.95. The van der Waals surface area contributed by atoms with Crippen LogP contribution in [0.2, 0.25) is 0 Å². The van der Waals surface area contributed by atoms with Crippen LogP contribution in [0.1, 0.15) is 38.4 Å². The van der Waals surface area contributed by atoms with E-state index in [9.17, 15) is 0 Å². The lowest BCUT2D eigenvalue weighted by atomic mass is 9.98. The number of para-hydroxylation sites is 1. The minimum atomic E-state index is 0.567. The van der Waals surface area contributed by atoms with Gasteiger partial charge in [-0.1, -0.05) is 32.0 Å². The summed E-state index contributed by atoms with van der Waals surface area (Å²) in [6.45, 7) is 6.79. The summed E-state index contributed by atoms with van der Waals surface area (Å²) < 4.78 is 2.34. The minimum Gasteiger partial charge on any atom is -0.326 e. The molecule has 3 heteroatoms. The van der Waals surface area contributed by atoms with Crippen LogP contribution in [0.4, 0.5) is 11.6 Å². The third-order valence-corrected chi connectivity index (χ3v) is 4.66. The molecular weight excluding hydrogens is 246 g/mol. The van der Waals surface area contributed by atoms with E-state index < -0.39 is 0 Å². The van der Waals surface area contributed by atoms with Gasteiger partial charge < -0.3 is 9.88 Å². The van der Waals surface area contributed by atoms with Crippen molar-refractivity contribution < 1.29 is 0 Å². The Morgan fingerprint density at radius 3 is 2.55 bits per heavy atom. The summed E-state index contributed by atoms with van der Waals surface area (Å²) in [4.78, 5) is 4.66. The van der Waals surface area contributed by atoms with E-state index in [1.54, 1.807) is 0 Å². The lowest BCUT2D eigenvalue weighted by Gasteiger charge is -2.22. The fourth-order valence-electron chi connectivity index (χ4n) is 3.24. The second-order valence-corrected chi connectivity index (χ2v) is 6.09. The van der Waals surface area contributed by atoms with Crippen LogP contribution in [-0.2, 0) is 0 Å². The molecule has 0 saturated heterocycles. The molecule has 0 aliphatic heterocycles. The number of aromatic nitrogens is 2. The van der Waals surface area contributed by atoms with Crippen LogP contribution in [-0.4, -0.2) is 9.55 Å². The molecule has 3 rings (SSSR count). The maximum atomic E-state index is 4.66. The highest BCUT2D eigenvalue weighted by Crippen LogP contribution is 2.41. The molecule has 1 saturated carbocycles. The Bertz CT molecular complexity index is 573. The Balaban J connectivity index is 1.89. The van der Waals surface area contributed by atoms with Gasteiger partial charge in [-0.2, -0.15) is 0 Å². The summed E-state index contributed by atoms with van der Waals surface area (Å²) in [6, 6.07) is 10.8. The zero-order chi connectivity index (χ0) is 14.1. The molecule has 0 amide bonds. The maximum absolute atomic E-state index is 4.66. The van der Waals surface area contributed by atoms with E-state index >= 15 is 0 Å². The Hall–Kier alpha value is -1.77. The third-order valence-electron chi connectivity index (χ3n) is 4.66. The van der Waals surface area contributed by atoms with E-state index in [1.165, 1.54) is 12.8 Å². The molecule has 1 aromatic carbocycles. The molecule has 2 aromatic rings. The minimum absolute atomic E-state index is 0.567. The highest BCUT2D eigenvalue weighted by molar-refractivity contribution is 5.53. The first kappa shape index (κ1) is 13.2. The Morgan fingerprint density at radius 1 is 1.15 bits per heavy atom. The second-order valence-electron chi connectivity index (χ2n) is 6.09. The number of benzene rings is 1. The van der Waals surface area contributed by atoms with Gasteiger partial charge in [-0.05, 0) is 43.7 Å². The number of rotatable bonds is 3. The summed E-state index contributed by atoms with van der Waals surface area (Å²) in [5, 5.41) is 3.46. The van der Waals surface area contributed by atoms with Crippen molar-refractivity contribution in [1.82, 2.24) is 9.55 Å². The number of nitrogens with zero attached hydrogens (tertiary/aromatic N) is 2. The zero-order valence-electron chi connectivity index (χ0n) is 12.5. The number of anilines is 2. The van der Waals surface area contributed by atoms with Gasteiger partial charge in [0, 0.05) is 17.9 Å². The van der Waals surface area contributed by atoms with Gasteiger partial charge in [-0.15, -0.1) is 0 Å². The van der Waals surface area contributed by atoms with Crippen LogP contribution in [0, 0.1) is 18.8 Å². The third kappa shape index (κ3) is 2.45. The summed E-state index contributed by atoms with van der Waals surface area (Å²) in [6.07, 6.45) is 4.75. The molecule has 1 aromatic heterocycles. The standard InChI is InChI=1S/C17H23N3/c1-12-9-10-16(14(12)3)20-11-13(2)18-17(20)19-15-7-5-4-6-8-15/h4-8,11-12,14,16H,9-10H2,1-3H3,(H,18,19). The van der Waals surface area contributed by atoms with Crippen molar-refractivity contribution >= 4 is 11.6 Å². The predicted molar refractivity (Wildman–Crippen MR) is 83.3 cm³/mol. The second kappa shape index (κ2) is 5.31. The monoisotopic (exact) mass is 269 g/mol. The first-order valence-corrected chi connectivity index (χ1v) is 7.52. The van der Waals surface area contributed by atoms with Gasteiger partial charge in [0.2, 0.25) is 5.95 Å². The molecule has 1 aliphatic carbocycles. The van der Waals surface area contributed by atoms with Gasteiger partial charge in [0.15, 0.2) is 0 Å². The van der Waals surface area contributed by atoms with Crippen molar-refractivity contribution in [1.29, 1.82) is 0 Å². The van der Waals surface area contributed by atoms with E-state index in [1.807, 2.05) is 18.2 Å². The van der Waals surface area contributed by atoms with E-state index in [4.69, 9.17) is 0 Å². The number of aryl methyl sites for hydroxylation is 1. The summed E-state index contributed by atoms with van der Waals surface area (Å²) in [5.74, 6) is 2.48. The molecule has 1 aliphatic rings. The van der Waals surface area contributed by atoms with Crippen molar-refractivity contribution in [2.24, 2.45) is 11.8 Å². The highest BCUT2D eigenvalue weighted by atomic mass is 15.2. The molecule has 0 bridgehead atoms. The molecule has 20 heavy (non-hydrogen) atoms. The number of hydrogen-bond acceptors (Lipinski definition) is 2. The molecule has 3 atom stereocenters. The first-order chi connectivity index (χ1) is 9.65.